The molecule has 11 heteroatoms. The molecule has 2 aliphatic heterocycles. The Morgan fingerprint density at radius 2 is 1.64 bits per heavy atom. The molecule has 220 valence electrons. The van der Waals surface area contributed by atoms with E-state index >= 15 is 0 Å². The molecule has 5 aromatic rings. The highest BCUT2D eigenvalue weighted by Gasteiger charge is 2.56. The molecule has 0 saturated carbocycles. The lowest BCUT2D eigenvalue weighted by Crippen LogP contribution is -2.33. The van der Waals surface area contributed by atoms with Crippen LogP contribution in [0.2, 0.25) is 0 Å². The highest BCUT2D eigenvalue weighted by molar-refractivity contribution is 8.00. The predicted molar refractivity (Wildman–Crippen MR) is 168 cm³/mol. The Morgan fingerprint density at radius 3 is 2.39 bits per heavy atom. The number of thiazole rings is 1. The number of halogens is 1. The third kappa shape index (κ3) is 4.68. The number of benzene rings is 4. The molecule has 0 spiro atoms. The number of carbonyl (C=O) groups excluding carboxylic acids is 3. The molecule has 0 aliphatic carbocycles. The van der Waals surface area contributed by atoms with Gasteiger partial charge in [-0.25, -0.2) is 9.29 Å². The highest BCUT2D eigenvalue weighted by Crippen LogP contribution is 2.54. The van der Waals surface area contributed by atoms with Gasteiger partial charge in [0, 0.05) is 21.9 Å². The van der Waals surface area contributed by atoms with Crippen molar-refractivity contribution in [2.24, 2.45) is 5.92 Å². The third-order valence-corrected chi connectivity index (χ3v) is 10.6. The molecule has 3 amide bonds. The maximum atomic E-state index is 14.0. The van der Waals surface area contributed by atoms with Gasteiger partial charge in [0.15, 0.2) is 0 Å². The Morgan fingerprint density at radius 1 is 0.909 bits per heavy atom. The number of ether oxygens (including phenoxy) is 1. The number of carbonyl (C=O) groups is 3. The minimum Gasteiger partial charge on any atom is -0.497 e. The Hall–Kier alpha value is -4.74. The van der Waals surface area contributed by atoms with Gasteiger partial charge in [0.1, 0.15) is 23.4 Å². The molecule has 1 N–H and O–H groups in total. The fraction of sp³-hybridized carbons (Fsp3) is 0.152. The predicted octanol–water partition coefficient (Wildman–Crippen LogP) is 5.65. The second-order valence-corrected chi connectivity index (χ2v) is 12.6. The van der Waals surface area contributed by atoms with Gasteiger partial charge in [-0.3, -0.25) is 23.7 Å². The van der Waals surface area contributed by atoms with E-state index in [0.717, 1.165) is 33.9 Å². The van der Waals surface area contributed by atoms with Crippen LogP contribution in [0.4, 0.5) is 15.8 Å². The van der Waals surface area contributed by atoms with E-state index < -0.39 is 40.6 Å². The lowest BCUT2D eigenvalue weighted by molar-refractivity contribution is -0.122. The topological polar surface area (TPSA) is 97.7 Å². The highest BCUT2D eigenvalue weighted by atomic mass is 32.2. The minimum atomic E-state index is -0.853. The number of anilines is 2. The molecule has 1 fully saturated rings. The maximum absolute atomic E-state index is 14.0. The smallest absolute Gasteiger partial charge is 0.308 e. The van der Waals surface area contributed by atoms with Crippen molar-refractivity contribution >= 4 is 63.0 Å². The molecular formula is C33H24FN3O5S2. The summed E-state index contributed by atoms with van der Waals surface area (Å²) in [6.07, 6.45) is 0. The number of thioether (sulfide) groups is 1. The Kier molecular flexibility index (Phi) is 7.06. The van der Waals surface area contributed by atoms with E-state index in [0.29, 0.717) is 32.6 Å². The summed E-state index contributed by atoms with van der Waals surface area (Å²) in [5.41, 5.74) is 1.63. The Bertz CT molecular complexity index is 2000. The molecule has 2 aliphatic rings. The van der Waals surface area contributed by atoms with Crippen LogP contribution in [-0.4, -0.2) is 34.6 Å². The van der Waals surface area contributed by atoms with E-state index in [9.17, 15) is 23.6 Å². The van der Waals surface area contributed by atoms with Crippen LogP contribution in [0.15, 0.2) is 101 Å². The van der Waals surface area contributed by atoms with Crippen LogP contribution in [0.25, 0.3) is 10.8 Å². The summed E-state index contributed by atoms with van der Waals surface area (Å²) in [7, 11) is 1.53. The lowest BCUT2D eigenvalue weighted by atomic mass is 9.83. The number of amides is 3. The van der Waals surface area contributed by atoms with E-state index in [1.54, 1.807) is 42.5 Å². The quantitative estimate of drug-likeness (QED) is 0.245. The monoisotopic (exact) mass is 625 g/mol. The first-order valence-corrected chi connectivity index (χ1v) is 15.5. The van der Waals surface area contributed by atoms with Crippen molar-refractivity contribution in [3.05, 3.63) is 117 Å². The standard InChI is InChI=1S/C33H24FN3O5S2/c1-42-22-15-13-21(14-16-22)37-30(39)27-26(19-9-11-20(34)12-10-19)29-32(43-28(27)31(37)40)36(33(41)44-29)17-25(38)35-24-8-4-6-18-5-2-3-7-23(18)24/h2-16,26-28H,17H2,1H3,(H,35,38). The molecule has 0 radical (unpaired) electrons. The van der Waals surface area contributed by atoms with Crippen LogP contribution in [-0.2, 0) is 20.9 Å². The van der Waals surface area contributed by atoms with Gasteiger partial charge in [0.05, 0.1) is 23.7 Å². The van der Waals surface area contributed by atoms with Gasteiger partial charge in [0.2, 0.25) is 17.7 Å². The second kappa shape index (κ2) is 11.1. The first kappa shape index (κ1) is 28.1. The molecule has 8 nitrogen and oxygen atoms in total. The lowest BCUT2D eigenvalue weighted by Gasteiger charge is -2.30. The van der Waals surface area contributed by atoms with E-state index in [1.807, 2.05) is 36.4 Å². The molecule has 3 atom stereocenters. The molecular weight excluding hydrogens is 602 g/mol. The molecule has 7 rings (SSSR count). The van der Waals surface area contributed by atoms with Crippen molar-refractivity contribution in [3.63, 3.8) is 0 Å². The van der Waals surface area contributed by atoms with Crippen molar-refractivity contribution in [1.29, 1.82) is 0 Å². The van der Waals surface area contributed by atoms with Gasteiger partial charge >= 0.3 is 4.87 Å². The normalized spacial score (nSPS) is 19.1. The fourth-order valence-electron chi connectivity index (χ4n) is 5.94. The number of rotatable bonds is 6. The molecule has 3 unspecified atom stereocenters. The van der Waals surface area contributed by atoms with Crippen molar-refractivity contribution in [1.82, 2.24) is 4.57 Å². The van der Waals surface area contributed by atoms with E-state index in [2.05, 4.69) is 5.32 Å². The number of methoxy groups -OCH3 is 1. The zero-order valence-corrected chi connectivity index (χ0v) is 24.9. The van der Waals surface area contributed by atoms with Gasteiger partial charge in [-0.15, -0.1) is 0 Å². The Labute approximate surface area is 259 Å². The van der Waals surface area contributed by atoms with Gasteiger partial charge in [0.25, 0.3) is 0 Å². The molecule has 44 heavy (non-hydrogen) atoms. The third-order valence-electron chi connectivity index (χ3n) is 7.97. The summed E-state index contributed by atoms with van der Waals surface area (Å²) >= 11 is 2.07. The summed E-state index contributed by atoms with van der Waals surface area (Å²) in [6, 6.07) is 25.6. The molecule has 4 aromatic carbocycles. The molecule has 3 heterocycles. The maximum Gasteiger partial charge on any atom is 0.308 e. The van der Waals surface area contributed by atoms with Crippen molar-refractivity contribution in [2.45, 2.75) is 22.7 Å². The second-order valence-electron chi connectivity index (χ2n) is 10.5. The number of nitrogens with zero attached hydrogens (tertiary/aromatic N) is 2. The summed E-state index contributed by atoms with van der Waals surface area (Å²) in [4.78, 5) is 56.0. The SMILES string of the molecule is COc1ccc(N2C(=O)C3Sc4c(sc(=O)n4CC(=O)Nc4cccc5ccccc45)C(c4ccc(F)cc4)C3C2=O)cc1. The number of nitrogens with one attached hydrogen (secondary N) is 1. The number of imide groups is 1. The number of fused-ring (bicyclic) bond motifs is 3. The van der Waals surface area contributed by atoms with E-state index in [-0.39, 0.29) is 11.4 Å². The van der Waals surface area contributed by atoms with E-state index in [4.69, 9.17) is 4.74 Å². The zero-order valence-electron chi connectivity index (χ0n) is 23.2. The fourth-order valence-corrected chi connectivity index (χ4v) is 8.71. The van der Waals surface area contributed by atoms with Crippen LogP contribution in [0, 0.1) is 11.7 Å². The summed E-state index contributed by atoms with van der Waals surface area (Å²) < 4.78 is 20.5. The van der Waals surface area contributed by atoms with Crippen molar-refractivity contribution < 1.29 is 23.5 Å². The van der Waals surface area contributed by atoms with Gasteiger partial charge in [-0.2, -0.15) is 0 Å². The van der Waals surface area contributed by atoms with Crippen LogP contribution in [0.3, 0.4) is 0 Å². The number of aromatic nitrogens is 1. The van der Waals surface area contributed by atoms with Gasteiger partial charge in [-0.1, -0.05) is 71.6 Å². The van der Waals surface area contributed by atoms with Gasteiger partial charge < -0.3 is 10.1 Å². The average molecular weight is 626 g/mol. The summed E-state index contributed by atoms with van der Waals surface area (Å²) in [6.45, 7) is -0.279. The molecule has 1 aromatic heterocycles. The minimum absolute atomic E-state index is 0.279. The number of hydrogen-bond donors (Lipinski definition) is 1. The Balaban J connectivity index is 1.27. The van der Waals surface area contributed by atoms with Crippen LogP contribution in [0.5, 0.6) is 5.75 Å². The molecule has 1 saturated heterocycles. The van der Waals surface area contributed by atoms with Crippen LogP contribution < -0.4 is 19.8 Å². The summed E-state index contributed by atoms with van der Waals surface area (Å²) in [5, 5.41) is 4.36. The van der Waals surface area contributed by atoms with Crippen LogP contribution >= 0.6 is 23.1 Å². The number of hydrogen-bond acceptors (Lipinski definition) is 7. The van der Waals surface area contributed by atoms with Crippen molar-refractivity contribution in [3.8, 4) is 5.75 Å². The average Bonchev–Trinajstić information content (AvgIpc) is 3.48. The first-order valence-electron chi connectivity index (χ1n) is 13.8. The largest absolute Gasteiger partial charge is 0.497 e. The zero-order chi connectivity index (χ0) is 30.5. The first-order chi connectivity index (χ1) is 21.3. The van der Waals surface area contributed by atoms with Gasteiger partial charge in [-0.05, 0) is 53.4 Å². The van der Waals surface area contributed by atoms with Crippen molar-refractivity contribution in [2.75, 3.05) is 17.3 Å². The van der Waals surface area contributed by atoms with E-state index in [1.165, 1.54) is 28.7 Å². The molecule has 0 bridgehead atoms. The van der Waals surface area contributed by atoms with Crippen LogP contribution in [0.1, 0.15) is 16.4 Å². The summed E-state index contributed by atoms with van der Waals surface area (Å²) in [5.74, 6) is -2.60.